The lowest BCUT2D eigenvalue weighted by atomic mass is 10.1. The first-order valence-electron chi connectivity index (χ1n) is 5.99. The number of fused-ring (bicyclic) bond motifs is 1. The number of nitrogens with zero attached hydrogens (tertiary/aromatic N) is 1. The smallest absolute Gasteiger partial charge is 0.303 e. The van der Waals surface area contributed by atoms with Gasteiger partial charge >= 0.3 is 5.97 Å². The minimum Gasteiger partial charge on any atom is -0.481 e. The number of H-pyrrole nitrogens is 1. The van der Waals surface area contributed by atoms with E-state index in [1.165, 1.54) is 0 Å². The average Bonchev–Trinajstić information content (AvgIpc) is 2.75. The van der Waals surface area contributed by atoms with Crippen LogP contribution in [-0.2, 0) is 11.3 Å². The van der Waals surface area contributed by atoms with Gasteiger partial charge in [-0.3, -0.25) is 4.79 Å². The van der Waals surface area contributed by atoms with Gasteiger partial charge in [-0.25, -0.2) is 4.98 Å². The molecule has 1 atom stereocenters. The maximum absolute atomic E-state index is 10.5. The second kappa shape index (κ2) is 5.64. The second-order valence-electron chi connectivity index (χ2n) is 4.59. The van der Waals surface area contributed by atoms with Crippen molar-refractivity contribution in [3.05, 3.63) is 30.1 Å². The van der Waals surface area contributed by atoms with E-state index in [4.69, 9.17) is 5.11 Å². The van der Waals surface area contributed by atoms with Gasteiger partial charge in [0.25, 0.3) is 0 Å². The van der Waals surface area contributed by atoms with E-state index in [2.05, 4.69) is 21.4 Å². The number of carbonyl (C=O) groups is 1. The highest BCUT2D eigenvalue weighted by molar-refractivity contribution is 5.75. The predicted octanol–water partition coefficient (Wildman–Crippen LogP) is 1.76. The lowest BCUT2D eigenvalue weighted by Crippen LogP contribution is -2.22. The Hall–Kier alpha value is -1.88. The number of aromatic nitrogens is 2. The van der Waals surface area contributed by atoms with Crippen molar-refractivity contribution >= 4 is 17.0 Å². The molecule has 0 fully saturated rings. The molecule has 0 spiro atoms. The van der Waals surface area contributed by atoms with Gasteiger partial charge in [0.2, 0.25) is 0 Å². The summed E-state index contributed by atoms with van der Waals surface area (Å²) in [6.07, 6.45) is 1.88. The highest BCUT2D eigenvalue weighted by Gasteiger charge is 2.06. The van der Waals surface area contributed by atoms with Crippen LogP contribution in [0.3, 0.4) is 0 Å². The zero-order valence-electron chi connectivity index (χ0n) is 10.3. The molecule has 0 bridgehead atoms. The molecule has 2 rings (SSSR count). The Balaban J connectivity index is 1.84. The molecule has 0 radical (unpaired) electrons. The molecule has 2 aromatic rings. The number of aliphatic carboxylic acids is 1. The standard InChI is InChI=1S/C13H17N3O2/c1-9(4-13(17)18)6-14-7-10-2-3-11-12(5-10)16-8-15-11/h2-3,5,8-9,14H,4,6-7H2,1H3,(H,15,16)(H,17,18). The molecule has 0 aliphatic rings. The monoisotopic (exact) mass is 247 g/mol. The molecule has 3 N–H and O–H groups in total. The molecule has 1 heterocycles. The van der Waals surface area contributed by atoms with Crippen molar-refractivity contribution in [2.75, 3.05) is 6.54 Å². The predicted molar refractivity (Wildman–Crippen MR) is 69.2 cm³/mol. The van der Waals surface area contributed by atoms with Crippen LogP contribution in [0.5, 0.6) is 0 Å². The molecule has 1 aromatic heterocycles. The summed E-state index contributed by atoms with van der Waals surface area (Å²) >= 11 is 0. The van der Waals surface area contributed by atoms with Crippen LogP contribution in [0, 0.1) is 5.92 Å². The Labute approximate surface area is 105 Å². The molecular weight excluding hydrogens is 230 g/mol. The van der Waals surface area contributed by atoms with E-state index >= 15 is 0 Å². The summed E-state index contributed by atoms with van der Waals surface area (Å²) < 4.78 is 0. The SMILES string of the molecule is CC(CNCc1ccc2nc[nH]c2c1)CC(=O)O. The van der Waals surface area contributed by atoms with Gasteiger partial charge in [0.05, 0.1) is 17.4 Å². The molecule has 0 amide bonds. The average molecular weight is 247 g/mol. The molecule has 18 heavy (non-hydrogen) atoms. The van der Waals surface area contributed by atoms with Crippen LogP contribution in [0.2, 0.25) is 0 Å². The number of aromatic amines is 1. The zero-order chi connectivity index (χ0) is 13.0. The number of nitrogens with one attached hydrogen (secondary N) is 2. The van der Waals surface area contributed by atoms with Gasteiger partial charge in [0, 0.05) is 13.0 Å². The van der Waals surface area contributed by atoms with Crippen LogP contribution in [0.1, 0.15) is 18.9 Å². The molecule has 0 aliphatic carbocycles. The maximum atomic E-state index is 10.5. The van der Waals surface area contributed by atoms with E-state index in [0.717, 1.165) is 23.1 Å². The number of benzene rings is 1. The van der Waals surface area contributed by atoms with Gasteiger partial charge in [0.15, 0.2) is 0 Å². The quantitative estimate of drug-likeness (QED) is 0.727. The van der Waals surface area contributed by atoms with E-state index in [9.17, 15) is 4.79 Å². The van der Waals surface area contributed by atoms with Crippen LogP contribution in [0.4, 0.5) is 0 Å². The minimum atomic E-state index is -0.747. The topological polar surface area (TPSA) is 78.0 Å². The Morgan fingerprint density at radius 1 is 1.56 bits per heavy atom. The fraction of sp³-hybridized carbons (Fsp3) is 0.385. The molecule has 0 aliphatic heterocycles. The summed E-state index contributed by atoms with van der Waals surface area (Å²) in [7, 11) is 0. The van der Waals surface area contributed by atoms with Crippen LogP contribution in [-0.4, -0.2) is 27.6 Å². The fourth-order valence-corrected chi connectivity index (χ4v) is 1.93. The summed E-state index contributed by atoms with van der Waals surface area (Å²) in [6.45, 7) is 3.37. The summed E-state index contributed by atoms with van der Waals surface area (Å²) in [5.41, 5.74) is 3.14. The summed E-state index contributed by atoms with van der Waals surface area (Å²) in [4.78, 5) is 17.7. The largest absolute Gasteiger partial charge is 0.481 e. The Kier molecular flexibility index (Phi) is 3.94. The lowest BCUT2D eigenvalue weighted by molar-refractivity contribution is -0.137. The van der Waals surface area contributed by atoms with Gasteiger partial charge in [-0.2, -0.15) is 0 Å². The molecular formula is C13H17N3O2. The minimum absolute atomic E-state index is 0.137. The highest BCUT2D eigenvalue weighted by Crippen LogP contribution is 2.11. The number of hydrogen-bond acceptors (Lipinski definition) is 3. The maximum Gasteiger partial charge on any atom is 0.303 e. The van der Waals surface area contributed by atoms with Crippen molar-refractivity contribution in [1.29, 1.82) is 0 Å². The first kappa shape index (κ1) is 12.6. The van der Waals surface area contributed by atoms with Crippen molar-refractivity contribution < 1.29 is 9.90 Å². The van der Waals surface area contributed by atoms with E-state index < -0.39 is 5.97 Å². The van der Waals surface area contributed by atoms with Crippen molar-refractivity contribution in [2.24, 2.45) is 5.92 Å². The lowest BCUT2D eigenvalue weighted by Gasteiger charge is -2.10. The third-order valence-electron chi connectivity index (χ3n) is 2.83. The van der Waals surface area contributed by atoms with E-state index in [0.29, 0.717) is 6.54 Å². The summed E-state index contributed by atoms with van der Waals surface area (Å²) in [5, 5.41) is 11.9. The van der Waals surface area contributed by atoms with Crippen molar-refractivity contribution in [1.82, 2.24) is 15.3 Å². The zero-order valence-corrected chi connectivity index (χ0v) is 10.3. The van der Waals surface area contributed by atoms with Crippen molar-refractivity contribution in [3.8, 4) is 0 Å². The van der Waals surface area contributed by atoms with Crippen LogP contribution >= 0.6 is 0 Å². The molecule has 1 unspecified atom stereocenters. The van der Waals surface area contributed by atoms with Crippen LogP contribution < -0.4 is 5.32 Å². The third kappa shape index (κ3) is 3.30. The normalized spacial score (nSPS) is 12.7. The molecule has 96 valence electrons. The van der Waals surface area contributed by atoms with E-state index in [1.54, 1.807) is 6.33 Å². The van der Waals surface area contributed by atoms with Gasteiger partial charge in [-0.15, -0.1) is 0 Å². The summed E-state index contributed by atoms with van der Waals surface area (Å²) in [5.74, 6) is -0.610. The molecule has 5 nitrogen and oxygen atoms in total. The first-order valence-corrected chi connectivity index (χ1v) is 5.99. The third-order valence-corrected chi connectivity index (χ3v) is 2.83. The number of carboxylic acids is 1. The van der Waals surface area contributed by atoms with Crippen LogP contribution in [0.15, 0.2) is 24.5 Å². The van der Waals surface area contributed by atoms with Crippen LogP contribution in [0.25, 0.3) is 11.0 Å². The number of imidazole rings is 1. The van der Waals surface area contributed by atoms with E-state index in [1.807, 2.05) is 19.1 Å². The second-order valence-corrected chi connectivity index (χ2v) is 4.59. The molecule has 1 aromatic carbocycles. The first-order chi connectivity index (χ1) is 8.65. The molecule has 5 heteroatoms. The molecule has 0 saturated carbocycles. The van der Waals surface area contributed by atoms with Gasteiger partial charge in [-0.1, -0.05) is 13.0 Å². The Morgan fingerprint density at radius 3 is 3.17 bits per heavy atom. The Bertz CT molecular complexity index is 536. The summed E-state index contributed by atoms with van der Waals surface area (Å²) in [6, 6.07) is 6.05. The number of rotatable bonds is 6. The Morgan fingerprint density at radius 2 is 2.39 bits per heavy atom. The van der Waals surface area contributed by atoms with Gasteiger partial charge in [0.1, 0.15) is 0 Å². The van der Waals surface area contributed by atoms with E-state index in [-0.39, 0.29) is 12.3 Å². The van der Waals surface area contributed by atoms with Gasteiger partial charge in [-0.05, 0) is 30.2 Å². The number of carboxylic acid groups (broad SMARTS) is 1. The van der Waals surface area contributed by atoms with Crippen molar-refractivity contribution in [3.63, 3.8) is 0 Å². The highest BCUT2D eigenvalue weighted by atomic mass is 16.4. The van der Waals surface area contributed by atoms with Crippen molar-refractivity contribution in [2.45, 2.75) is 19.9 Å². The van der Waals surface area contributed by atoms with Gasteiger partial charge < -0.3 is 15.4 Å². The fourth-order valence-electron chi connectivity index (χ4n) is 1.93. The molecule has 0 saturated heterocycles. The number of hydrogen-bond donors (Lipinski definition) is 3.